The zero-order valence-electron chi connectivity index (χ0n) is 13.2. The van der Waals surface area contributed by atoms with Gasteiger partial charge in [0.15, 0.2) is 0 Å². The van der Waals surface area contributed by atoms with Crippen LogP contribution in [-0.2, 0) is 10.2 Å². The minimum atomic E-state index is -0.0884. The van der Waals surface area contributed by atoms with Gasteiger partial charge in [-0.15, -0.1) is 0 Å². The molecule has 116 valence electrons. The Hall–Kier alpha value is -1.55. The van der Waals surface area contributed by atoms with Crippen LogP contribution in [0.4, 0.5) is 0 Å². The molecule has 0 bridgehead atoms. The van der Waals surface area contributed by atoms with E-state index in [2.05, 4.69) is 36.6 Å². The standard InChI is InChI=1S/C17H26N2O2/c1-17(2,14-4-6-15(21-3)7-5-14)12-19-16(20)13-8-10-18-11-9-13/h4-7,13,18H,8-12H2,1-3H3,(H,19,20). The molecule has 1 aromatic carbocycles. The van der Waals surface area contributed by atoms with Crippen molar-refractivity contribution in [2.24, 2.45) is 5.92 Å². The molecule has 0 saturated carbocycles. The zero-order chi connectivity index (χ0) is 15.3. The molecule has 1 heterocycles. The summed E-state index contributed by atoms with van der Waals surface area (Å²) in [6.07, 6.45) is 1.88. The number of piperidine rings is 1. The highest BCUT2D eigenvalue weighted by Crippen LogP contribution is 2.24. The number of nitrogens with one attached hydrogen (secondary N) is 2. The zero-order valence-corrected chi connectivity index (χ0v) is 13.2. The molecular formula is C17H26N2O2. The Bertz CT molecular complexity index is 462. The fourth-order valence-electron chi connectivity index (χ4n) is 2.68. The number of ether oxygens (including phenoxy) is 1. The van der Waals surface area contributed by atoms with E-state index in [1.165, 1.54) is 5.56 Å². The fourth-order valence-corrected chi connectivity index (χ4v) is 2.68. The van der Waals surface area contributed by atoms with Crippen LogP contribution in [0.25, 0.3) is 0 Å². The first-order chi connectivity index (χ1) is 10.0. The second kappa shape index (κ2) is 6.94. The first kappa shape index (κ1) is 15.8. The van der Waals surface area contributed by atoms with Crippen molar-refractivity contribution in [3.8, 4) is 5.75 Å². The summed E-state index contributed by atoms with van der Waals surface area (Å²) < 4.78 is 5.18. The largest absolute Gasteiger partial charge is 0.497 e. The first-order valence-electron chi connectivity index (χ1n) is 7.66. The number of hydrogen-bond acceptors (Lipinski definition) is 3. The lowest BCUT2D eigenvalue weighted by Crippen LogP contribution is -2.42. The van der Waals surface area contributed by atoms with Crippen LogP contribution in [0.15, 0.2) is 24.3 Å². The van der Waals surface area contributed by atoms with Gasteiger partial charge in [-0.05, 0) is 43.6 Å². The number of rotatable bonds is 5. The SMILES string of the molecule is COc1ccc(C(C)(C)CNC(=O)C2CCNCC2)cc1. The van der Waals surface area contributed by atoms with Gasteiger partial charge in [-0.25, -0.2) is 0 Å². The van der Waals surface area contributed by atoms with E-state index >= 15 is 0 Å². The number of hydrogen-bond donors (Lipinski definition) is 2. The third-order valence-corrected chi connectivity index (χ3v) is 4.29. The van der Waals surface area contributed by atoms with Crippen LogP contribution in [0.5, 0.6) is 5.75 Å². The Kier molecular flexibility index (Phi) is 5.23. The fraction of sp³-hybridized carbons (Fsp3) is 0.588. The minimum absolute atomic E-state index is 0.0884. The summed E-state index contributed by atoms with van der Waals surface area (Å²) in [4.78, 5) is 12.2. The molecule has 0 atom stereocenters. The van der Waals surface area contributed by atoms with Gasteiger partial charge in [0.1, 0.15) is 5.75 Å². The van der Waals surface area contributed by atoms with Crippen LogP contribution in [0, 0.1) is 5.92 Å². The molecule has 0 unspecified atom stereocenters. The predicted molar refractivity (Wildman–Crippen MR) is 84.6 cm³/mol. The summed E-state index contributed by atoms with van der Waals surface area (Å²) in [7, 11) is 1.67. The third kappa shape index (κ3) is 4.21. The molecule has 1 aliphatic rings. The minimum Gasteiger partial charge on any atom is -0.497 e. The molecule has 1 aromatic rings. The van der Waals surface area contributed by atoms with E-state index in [1.807, 2.05) is 12.1 Å². The maximum atomic E-state index is 12.2. The Labute approximate surface area is 127 Å². The number of methoxy groups -OCH3 is 1. The molecule has 4 nitrogen and oxygen atoms in total. The van der Waals surface area contributed by atoms with Crippen LogP contribution < -0.4 is 15.4 Å². The lowest BCUT2D eigenvalue weighted by atomic mass is 9.84. The molecule has 21 heavy (non-hydrogen) atoms. The number of carbonyl (C=O) groups excluding carboxylic acids is 1. The van der Waals surface area contributed by atoms with Crippen molar-refractivity contribution in [3.63, 3.8) is 0 Å². The van der Waals surface area contributed by atoms with E-state index in [4.69, 9.17) is 4.74 Å². The Morgan fingerprint density at radius 3 is 2.48 bits per heavy atom. The monoisotopic (exact) mass is 290 g/mol. The van der Waals surface area contributed by atoms with Gasteiger partial charge >= 0.3 is 0 Å². The molecule has 1 aliphatic heterocycles. The van der Waals surface area contributed by atoms with Gasteiger partial charge in [0, 0.05) is 17.9 Å². The van der Waals surface area contributed by atoms with Gasteiger partial charge in [0.25, 0.3) is 0 Å². The summed E-state index contributed by atoms with van der Waals surface area (Å²) in [6, 6.07) is 8.06. The highest BCUT2D eigenvalue weighted by molar-refractivity contribution is 5.78. The molecule has 1 fully saturated rings. The van der Waals surface area contributed by atoms with Gasteiger partial charge in [-0.2, -0.15) is 0 Å². The van der Waals surface area contributed by atoms with Crippen LogP contribution in [-0.4, -0.2) is 32.7 Å². The number of carbonyl (C=O) groups is 1. The van der Waals surface area contributed by atoms with E-state index in [9.17, 15) is 4.79 Å². The lowest BCUT2D eigenvalue weighted by molar-refractivity contribution is -0.125. The van der Waals surface area contributed by atoms with Crippen molar-refractivity contribution in [3.05, 3.63) is 29.8 Å². The van der Waals surface area contributed by atoms with Gasteiger partial charge in [-0.1, -0.05) is 26.0 Å². The van der Waals surface area contributed by atoms with Gasteiger partial charge in [0.2, 0.25) is 5.91 Å². The van der Waals surface area contributed by atoms with E-state index < -0.39 is 0 Å². The molecule has 2 rings (SSSR count). The van der Waals surface area contributed by atoms with Crippen molar-refractivity contribution in [1.82, 2.24) is 10.6 Å². The quantitative estimate of drug-likeness (QED) is 0.873. The molecule has 4 heteroatoms. The first-order valence-corrected chi connectivity index (χ1v) is 7.66. The summed E-state index contributed by atoms with van der Waals surface area (Å²) in [5, 5.41) is 6.41. The van der Waals surface area contributed by atoms with Crippen LogP contribution in [0.3, 0.4) is 0 Å². The molecule has 0 radical (unpaired) electrons. The highest BCUT2D eigenvalue weighted by atomic mass is 16.5. The van der Waals surface area contributed by atoms with Crippen molar-refractivity contribution < 1.29 is 9.53 Å². The predicted octanol–water partition coefficient (Wildman–Crippen LogP) is 2.09. The lowest BCUT2D eigenvalue weighted by Gasteiger charge is -2.28. The summed E-state index contributed by atoms with van der Waals surface area (Å²) in [5.74, 6) is 1.21. The average Bonchev–Trinajstić information content (AvgIpc) is 2.53. The van der Waals surface area contributed by atoms with Gasteiger partial charge < -0.3 is 15.4 Å². The van der Waals surface area contributed by atoms with Gasteiger partial charge in [0.05, 0.1) is 7.11 Å². The van der Waals surface area contributed by atoms with Crippen molar-refractivity contribution in [1.29, 1.82) is 0 Å². The van der Waals surface area contributed by atoms with E-state index in [0.717, 1.165) is 31.7 Å². The second-order valence-corrected chi connectivity index (χ2v) is 6.35. The Balaban J connectivity index is 1.91. The molecule has 0 aliphatic carbocycles. The Morgan fingerprint density at radius 1 is 1.29 bits per heavy atom. The Morgan fingerprint density at radius 2 is 1.90 bits per heavy atom. The van der Waals surface area contributed by atoms with E-state index in [1.54, 1.807) is 7.11 Å². The number of benzene rings is 1. The summed E-state index contributed by atoms with van der Waals surface area (Å²) in [6.45, 7) is 6.84. The summed E-state index contributed by atoms with van der Waals surface area (Å²) in [5.41, 5.74) is 1.11. The highest BCUT2D eigenvalue weighted by Gasteiger charge is 2.25. The van der Waals surface area contributed by atoms with Crippen molar-refractivity contribution >= 4 is 5.91 Å². The molecule has 1 saturated heterocycles. The van der Waals surface area contributed by atoms with Crippen molar-refractivity contribution in [2.45, 2.75) is 32.1 Å². The maximum Gasteiger partial charge on any atom is 0.223 e. The molecular weight excluding hydrogens is 264 g/mol. The van der Waals surface area contributed by atoms with E-state index in [0.29, 0.717) is 6.54 Å². The average molecular weight is 290 g/mol. The summed E-state index contributed by atoms with van der Waals surface area (Å²) >= 11 is 0. The second-order valence-electron chi connectivity index (χ2n) is 6.35. The van der Waals surface area contributed by atoms with Crippen LogP contribution in [0.1, 0.15) is 32.3 Å². The topological polar surface area (TPSA) is 50.4 Å². The molecule has 0 spiro atoms. The third-order valence-electron chi connectivity index (χ3n) is 4.29. The smallest absolute Gasteiger partial charge is 0.223 e. The maximum absolute atomic E-state index is 12.2. The normalized spacial score (nSPS) is 16.5. The van der Waals surface area contributed by atoms with Crippen LogP contribution in [0.2, 0.25) is 0 Å². The molecule has 1 amide bonds. The number of amides is 1. The van der Waals surface area contributed by atoms with Gasteiger partial charge in [-0.3, -0.25) is 4.79 Å². The molecule has 2 N–H and O–H groups in total. The van der Waals surface area contributed by atoms with Crippen molar-refractivity contribution in [2.75, 3.05) is 26.7 Å². The van der Waals surface area contributed by atoms with E-state index in [-0.39, 0.29) is 17.2 Å². The van der Waals surface area contributed by atoms with Crippen LogP contribution >= 0.6 is 0 Å². The molecule has 0 aromatic heterocycles.